The molecule has 0 bridgehead atoms. The average Bonchev–Trinajstić information content (AvgIpc) is 2.91. The summed E-state index contributed by atoms with van der Waals surface area (Å²) >= 11 is 0. The van der Waals surface area contributed by atoms with Crippen LogP contribution in [0.15, 0.2) is 0 Å². The Hall–Kier alpha value is -1.50. The van der Waals surface area contributed by atoms with Crippen LogP contribution in [0, 0.1) is 5.92 Å². The molecule has 1 fully saturated rings. The molecule has 2 heterocycles. The minimum Gasteiger partial charge on any atom is -0.481 e. The summed E-state index contributed by atoms with van der Waals surface area (Å²) in [5.74, 6) is -0.643. The number of nitrogens with zero attached hydrogens (tertiary/aromatic N) is 4. The van der Waals surface area contributed by atoms with Gasteiger partial charge in [0.15, 0.2) is 5.82 Å². The second-order valence-electron chi connectivity index (χ2n) is 4.36. The van der Waals surface area contributed by atoms with Gasteiger partial charge < -0.3 is 9.84 Å². The van der Waals surface area contributed by atoms with E-state index in [-0.39, 0.29) is 6.10 Å². The number of rotatable bonds is 5. The largest absolute Gasteiger partial charge is 0.481 e. The molecule has 1 aromatic heterocycles. The smallest absolute Gasteiger partial charge is 0.308 e. The highest BCUT2D eigenvalue weighted by atomic mass is 16.5. The van der Waals surface area contributed by atoms with Gasteiger partial charge in [0.05, 0.1) is 18.6 Å². The number of hydrogen-bond donors (Lipinski definition) is 1. The third-order valence-corrected chi connectivity index (χ3v) is 2.91. The predicted octanol–water partition coefficient (Wildman–Crippen LogP) is 0.115. The summed E-state index contributed by atoms with van der Waals surface area (Å²) in [6.45, 7) is 2.72. The summed E-state index contributed by atoms with van der Waals surface area (Å²) in [6, 6.07) is 0. The molecule has 2 unspecified atom stereocenters. The normalized spacial score (nSPS) is 21.6. The van der Waals surface area contributed by atoms with E-state index in [0.717, 1.165) is 19.4 Å². The van der Waals surface area contributed by atoms with Crippen LogP contribution in [0.2, 0.25) is 0 Å². The van der Waals surface area contributed by atoms with Gasteiger partial charge in [0.25, 0.3) is 0 Å². The van der Waals surface area contributed by atoms with Crippen molar-refractivity contribution in [3.05, 3.63) is 5.82 Å². The van der Waals surface area contributed by atoms with Gasteiger partial charge in [-0.15, -0.1) is 5.10 Å². The van der Waals surface area contributed by atoms with Crippen LogP contribution in [0.25, 0.3) is 0 Å². The van der Waals surface area contributed by atoms with Crippen molar-refractivity contribution in [2.45, 2.75) is 38.8 Å². The highest BCUT2D eigenvalue weighted by Crippen LogP contribution is 2.16. The van der Waals surface area contributed by atoms with E-state index in [4.69, 9.17) is 9.84 Å². The first-order valence-electron chi connectivity index (χ1n) is 5.76. The molecule has 1 aliphatic rings. The van der Waals surface area contributed by atoms with Gasteiger partial charge in [0, 0.05) is 13.0 Å². The van der Waals surface area contributed by atoms with Gasteiger partial charge in [0.2, 0.25) is 0 Å². The molecule has 1 N–H and O–H groups in total. The molecule has 1 aromatic rings. The van der Waals surface area contributed by atoms with E-state index >= 15 is 0 Å². The van der Waals surface area contributed by atoms with Crippen LogP contribution in [0.5, 0.6) is 0 Å². The van der Waals surface area contributed by atoms with Gasteiger partial charge in [0.1, 0.15) is 0 Å². The molecule has 7 heteroatoms. The summed E-state index contributed by atoms with van der Waals surface area (Å²) in [5, 5.41) is 20.2. The topological polar surface area (TPSA) is 90.1 Å². The molecule has 94 valence electrons. The molecular weight excluding hydrogens is 224 g/mol. The fraction of sp³-hybridized carbons (Fsp3) is 0.800. The summed E-state index contributed by atoms with van der Waals surface area (Å²) < 4.78 is 7.06. The molecule has 17 heavy (non-hydrogen) atoms. The van der Waals surface area contributed by atoms with E-state index in [1.54, 1.807) is 11.6 Å². The van der Waals surface area contributed by atoms with E-state index < -0.39 is 11.9 Å². The summed E-state index contributed by atoms with van der Waals surface area (Å²) in [7, 11) is 0. The predicted molar refractivity (Wildman–Crippen MR) is 57.3 cm³/mol. The number of aliphatic carboxylic acids is 1. The standard InChI is InChI=1S/C10H16N4O3/c1-7(10(15)16)6-14-9(11-12-13-14)5-8-3-2-4-17-8/h7-8H,2-6H2,1H3,(H,15,16). The number of carboxylic acid groups (broad SMARTS) is 1. The molecular formula is C10H16N4O3. The first-order chi connectivity index (χ1) is 8.16. The number of hydrogen-bond acceptors (Lipinski definition) is 5. The third-order valence-electron chi connectivity index (χ3n) is 2.91. The maximum absolute atomic E-state index is 10.8. The molecule has 7 nitrogen and oxygen atoms in total. The van der Waals surface area contributed by atoms with Crippen LogP contribution >= 0.6 is 0 Å². The molecule has 0 aromatic carbocycles. The van der Waals surface area contributed by atoms with Crippen molar-refractivity contribution in [3.8, 4) is 0 Å². The van der Waals surface area contributed by atoms with E-state index in [0.29, 0.717) is 18.8 Å². The quantitative estimate of drug-likeness (QED) is 0.786. The lowest BCUT2D eigenvalue weighted by Gasteiger charge is -2.10. The van der Waals surface area contributed by atoms with Crippen LogP contribution in [0.4, 0.5) is 0 Å². The van der Waals surface area contributed by atoms with E-state index in [1.165, 1.54) is 0 Å². The van der Waals surface area contributed by atoms with Crippen molar-refractivity contribution >= 4 is 5.97 Å². The number of carbonyl (C=O) groups is 1. The Balaban J connectivity index is 1.98. The monoisotopic (exact) mass is 240 g/mol. The van der Waals surface area contributed by atoms with E-state index in [2.05, 4.69) is 15.5 Å². The Morgan fingerprint density at radius 2 is 2.53 bits per heavy atom. The van der Waals surface area contributed by atoms with Crippen LogP contribution in [0.3, 0.4) is 0 Å². The lowest BCUT2D eigenvalue weighted by atomic mass is 10.1. The van der Waals surface area contributed by atoms with Crippen LogP contribution in [0.1, 0.15) is 25.6 Å². The Morgan fingerprint density at radius 1 is 1.71 bits per heavy atom. The summed E-state index contributed by atoms with van der Waals surface area (Å²) in [6.07, 6.45) is 2.90. The molecule has 0 aliphatic carbocycles. The van der Waals surface area contributed by atoms with Gasteiger partial charge in [-0.05, 0) is 23.3 Å². The van der Waals surface area contributed by atoms with E-state index in [1.807, 2.05) is 0 Å². The maximum atomic E-state index is 10.8. The second kappa shape index (κ2) is 5.22. The van der Waals surface area contributed by atoms with Crippen molar-refractivity contribution in [3.63, 3.8) is 0 Å². The molecule has 0 amide bonds. The van der Waals surface area contributed by atoms with Crippen molar-refractivity contribution in [2.75, 3.05) is 6.61 Å². The minimum atomic E-state index is -0.844. The van der Waals surface area contributed by atoms with E-state index in [9.17, 15) is 4.79 Å². The third kappa shape index (κ3) is 3.00. The van der Waals surface area contributed by atoms with Crippen LogP contribution < -0.4 is 0 Å². The number of carboxylic acids is 1. The first kappa shape index (κ1) is 12.0. The highest BCUT2D eigenvalue weighted by molar-refractivity contribution is 5.69. The zero-order valence-electron chi connectivity index (χ0n) is 9.74. The van der Waals surface area contributed by atoms with Crippen molar-refractivity contribution in [2.24, 2.45) is 5.92 Å². The maximum Gasteiger partial charge on any atom is 0.308 e. The minimum absolute atomic E-state index is 0.167. The zero-order valence-corrected chi connectivity index (χ0v) is 9.74. The summed E-state index contributed by atoms with van der Waals surface area (Å²) in [5.41, 5.74) is 0. The Morgan fingerprint density at radius 3 is 3.18 bits per heavy atom. The fourth-order valence-electron chi connectivity index (χ4n) is 1.86. The van der Waals surface area contributed by atoms with Gasteiger partial charge in [-0.3, -0.25) is 4.79 Å². The van der Waals surface area contributed by atoms with Crippen molar-refractivity contribution in [1.29, 1.82) is 0 Å². The molecule has 2 rings (SSSR count). The highest BCUT2D eigenvalue weighted by Gasteiger charge is 2.21. The molecule has 0 saturated carbocycles. The van der Waals surface area contributed by atoms with Gasteiger partial charge >= 0.3 is 5.97 Å². The zero-order chi connectivity index (χ0) is 12.3. The SMILES string of the molecule is CC(Cn1nnnc1CC1CCCO1)C(=O)O. The summed E-state index contributed by atoms with van der Waals surface area (Å²) in [4.78, 5) is 10.8. The Labute approximate surface area is 98.8 Å². The molecule has 0 spiro atoms. The van der Waals surface area contributed by atoms with Gasteiger partial charge in [-0.2, -0.15) is 0 Å². The van der Waals surface area contributed by atoms with Gasteiger partial charge in [-0.1, -0.05) is 6.92 Å². The number of aromatic nitrogens is 4. The van der Waals surface area contributed by atoms with Gasteiger partial charge in [-0.25, -0.2) is 4.68 Å². The fourth-order valence-corrected chi connectivity index (χ4v) is 1.86. The molecule has 0 radical (unpaired) electrons. The Bertz CT molecular complexity index is 387. The lowest BCUT2D eigenvalue weighted by Crippen LogP contribution is -2.21. The van der Waals surface area contributed by atoms with Crippen LogP contribution in [-0.2, 0) is 22.5 Å². The van der Waals surface area contributed by atoms with Crippen molar-refractivity contribution < 1.29 is 14.6 Å². The second-order valence-corrected chi connectivity index (χ2v) is 4.36. The molecule has 1 aliphatic heterocycles. The van der Waals surface area contributed by atoms with Crippen molar-refractivity contribution in [1.82, 2.24) is 20.2 Å². The average molecular weight is 240 g/mol. The molecule has 2 atom stereocenters. The first-order valence-corrected chi connectivity index (χ1v) is 5.76. The lowest BCUT2D eigenvalue weighted by molar-refractivity contribution is -0.141. The Kier molecular flexibility index (Phi) is 3.68. The number of ether oxygens (including phenoxy) is 1. The van der Waals surface area contributed by atoms with Crippen LogP contribution in [-0.4, -0.2) is 44.0 Å². The molecule has 1 saturated heterocycles. The number of tetrazole rings is 1.